The summed E-state index contributed by atoms with van der Waals surface area (Å²) >= 11 is 0. The second-order valence-corrected chi connectivity index (χ2v) is 4.09. The monoisotopic (exact) mass is 213 g/mol. The first-order valence-corrected chi connectivity index (χ1v) is 5.62. The Balaban J connectivity index is 2.68. The Labute approximate surface area is 90.3 Å². The number of carboxylic acid groups (broad SMARTS) is 1. The number of hydrogen-bond acceptors (Lipinski definition) is 2. The summed E-state index contributed by atoms with van der Waals surface area (Å²) in [6, 6.07) is 0.208. The van der Waals surface area contributed by atoms with Gasteiger partial charge in [0.25, 0.3) is 0 Å². The number of carbonyl (C=O) groups excluding carboxylic acids is 1. The molecule has 0 aromatic carbocycles. The Morgan fingerprint density at radius 1 is 1.53 bits per heavy atom. The van der Waals surface area contributed by atoms with E-state index in [0.717, 1.165) is 12.8 Å². The van der Waals surface area contributed by atoms with Crippen LogP contribution >= 0.6 is 0 Å². The lowest BCUT2D eigenvalue weighted by Gasteiger charge is -2.36. The minimum atomic E-state index is -0.779. The average Bonchev–Trinajstić information content (AvgIpc) is 2.22. The molecule has 0 bridgehead atoms. The minimum Gasteiger partial charge on any atom is -0.481 e. The predicted molar refractivity (Wildman–Crippen MR) is 56.4 cm³/mol. The number of nitrogens with zero attached hydrogens (tertiary/aromatic N) is 1. The first-order valence-electron chi connectivity index (χ1n) is 5.62. The smallest absolute Gasteiger partial charge is 0.308 e. The summed E-state index contributed by atoms with van der Waals surface area (Å²) < 4.78 is 0. The van der Waals surface area contributed by atoms with Gasteiger partial charge >= 0.3 is 5.97 Å². The molecule has 1 heterocycles. The second-order valence-electron chi connectivity index (χ2n) is 4.09. The van der Waals surface area contributed by atoms with Gasteiger partial charge in [-0.25, -0.2) is 0 Å². The molecule has 1 saturated heterocycles. The normalized spacial score (nSPS) is 22.2. The highest BCUT2D eigenvalue weighted by molar-refractivity contribution is 5.80. The maximum atomic E-state index is 11.7. The largest absolute Gasteiger partial charge is 0.481 e. The van der Waals surface area contributed by atoms with E-state index in [1.807, 2.05) is 13.8 Å². The highest BCUT2D eigenvalue weighted by atomic mass is 16.4. The maximum Gasteiger partial charge on any atom is 0.308 e. The van der Waals surface area contributed by atoms with E-state index < -0.39 is 5.97 Å². The van der Waals surface area contributed by atoms with Crippen LogP contribution in [-0.2, 0) is 9.59 Å². The van der Waals surface area contributed by atoms with E-state index in [9.17, 15) is 9.59 Å². The molecule has 0 saturated carbocycles. The summed E-state index contributed by atoms with van der Waals surface area (Å²) in [6.07, 6.45) is 2.67. The molecule has 1 fully saturated rings. The van der Waals surface area contributed by atoms with Crippen LogP contribution in [-0.4, -0.2) is 34.5 Å². The van der Waals surface area contributed by atoms with Gasteiger partial charge in [-0.15, -0.1) is 0 Å². The van der Waals surface area contributed by atoms with E-state index in [2.05, 4.69) is 0 Å². The van der Waals surface area contributed by atoms with Crippen molar-refractivity contribution < 1.29 is 14.7 Å². The SMILES string of the molecule is CCC(CC)N1CC(C(=O)O)CCC1=O. The van der Waals surface area contributed by atoms with Gasteiger partial charge in [-0.05, 0) is 19.3 Å². The molecule has 0 spiro atoms. The summed E-state index contributed by atoms with van der Waals surface area (Å²) in [6.45, 7) is 4.46. The van der Waals surface area contributed by atoms with E-state index in [0.29, 0.717) is 19.4 Å². The number of rotatable bonds is 4. The fraction of sp³-hybridized carbons (Fsp3) is 0.818. The standard InChI is InChI=1S/C11H19NO3/c1-3-9(4-2)12-7-8(11(14)15)5-6-10(12)13/h8-9H,3-7H2,1-2H3,(H,14,15). The van der Waals surface area contributed by atoms with Gasteiger partial charge in [0.15, 0.2) is 0 Å². The number of hydrogen-bond donors (Lipinski definition) is 1. The Morgan fingerprint density at radius 3 is 2.60 bits per heavy atom. The Bertz CT molecular complexity index is 248. The van der Waals surface area contributed by atoms with Crippen LogP contribution in [0.4, 0.5) is 0 Å². The first kappa shape index (κ1) is 12.0. The van der Waals surface area contributed by atoms with Crippen molar-refractivity contribution in [2.24, 2.45) is 5.92 Å². The van der Waals surface area contributed by atoms with E-state index in [1.54, 1.807) is 4.90 Å². The van der Waals surface area contributed by atoms with Crippen molar-refractivity contribution in [1.29, 1.82) is 0 Å². The van der Waals surface area contributed by atoms with Crippen molar-refractivity contribution in [2.75, 3.05) is 6.54 Å². The molecule has 0 radical (unpaired) electrons. The van der Waals surface area contributed by atoms with Crippen LogP contribution < -0.4 is 0 Å². The summed E-state index contributed by atoms with van der Waals surface area (Å²) in [5.74, 6) is -1.04. The van der Waals surface area contributed by atoms with Crippen LogP contribution in [0.15, 0.2) is 0 Å². The van der Waals surface area contributed by atoms with Gasteiger partial charge in [-0.2, -0.15) is 0 Å². The molecule has 1 N–H and O–H groups in total. The number of likely N-dealkylation sites (tertiary alicyclic amines) is 1. The second kappa shape index (κ2) is 5.14. The van der Waals surface area contributed by atoms with Crippen LogP contribution in [0.2, 0.25) is 0 Å². The molecule has 4 heteroatoms. The fourth-order valence-electron chi connectivity index (χ4n) is 2.16. The van der Waals surface area contributed by atoms with Gasteiger partial charge in [0.2, 0.25) is 5.91 Å². The van der Waals surface area contributed by atoms with E-state index in [-0.39, 0.29) is 17.9 Å². The van der Waals surface area contributed by atoms with Gasteiger partial charge in [-0.1, -0.05) is 13.8 Å². The number of aliphatic carboxylic acids is 1. The Hall–Kier alpha value is -1.06. The quantitative estimate of drug-likeness (QED) is 0.769. The van der Waals surface area contributed by atoms with Crippen molar-refractivity contribution in [2.45, 2.75) is 45.6 Å². The lowest BCUT2D eigenvalue weighted by molar-refractivity contribution is -0.148. The highest BCUT2D eigenvalue weighted by Gasteiger charge is 2.32. The lowest BCUT2D eigenvalue weighted by atomic mass is 9.95. The molecule has 1 unspecified atom stereocenters. The Morgan fingerprint density at radius 2 is 2.13 bits per heavy atom. The minimum absolute atomic E-state index is 0.112. The number of carboxylic acids is 1. The third-order valence-corrected chi connectivity index (χ3v) is 3.18. The molecular formula is C11H19NO3. The summed E-state index contributed by atoms with van der Waals surface area (Å²) in [5.41, 5.74) is 0. The van der Waals surface area contributed by atoms with Gasteiger partial charge in [0.05, 0.1) is 5.92 Å². The third-order valence-electron chi connectivity index (χ3n) is 3.18. The maximum absolute atomic E-state index is 11.7. The molecule has 1 aliphatic heterocycles. The summed E-state index contributed by atoms with van der Waals surface area (Å²) in [4.78, 5) is 24.3. The molecule has 86 valence electrons. The summed E-state index contributed by atoms with van der Waals surface area (Å²) in [7, 11) is 0. The highest BCUT2D eigenvalue weighted by Crippen LogP contribution is 2.22. The Kier molecular flexibility index (Phi) is 4.12. The molecule has 1 amide bonds. The topological polar surface area (TPSA) is 57.6 Å². The molecule has 4 nitrogen and oxygen atoms in total. The first-order chi connectivity index (χ1) is 7.10. The number of piperidine rings is 1. The van der Waals surface area contributed by atoms with Crippen molar-refractivity contribution in [3.05, 3.63) is 0 Å². The molecule has 1 aliphatic rings. The van der Waals surface area contributed by atoms with Gasteiger partial charge in [0.1, 0.15) is 0 Å². The summed E-state index contributed by atoms with van der Waals surface area (Å²) in [5, 5.41) is 8.93. The molecule has 0 aromatic heterocycles. The molecule has 15 heavy (non-hydrogen) atoms. The molecule has 0 aromatic rings. The number of amides is 1. The van der Waals surface area contributed by atoms with Gasteiger partial charge in [0, 0.05) is 19.0 Å². The van der Waals surface area contributed by atoms with E-state index >= 15 is 0 Å². The van der Waals surface area contributed by atoms with Crippen LogP contribution in [0.5, 0.6) is 0 Å². The fourth-order valence-corrected chi connectivity index (χ4v) is 2.16. The van der Waals surface area contributed by atoms with Gasteiger partial charge < -0.3 is 10.0 Å². The zero-order valence-electron chi connectivity index (χ0n) is 9.40. The number of carbonyl (C=O) groups is 2. The van der Waals surface area contributed by atoms with Gasteiger partial charge in [-0.3, -0.25) is 9.59 Å². The zero-order chi connectivity index (χ0) is 11.4. The van der Waals surface area contributed by atoms with Crippen LogP contribution in [0, 0.1) is 5.92 Å². The molecular weight excluding hydrogens is 194 g/mol. The van der Waals surface area contributed by atoms with Crippen LogP contribution in [0.25, 0.3) is 0 Å². The van der Waals surface area contributed by atoms with Crippen molar-refractivity contribution in [3.8, 4) is 0 Å². The third kappa shape index (κ3) is 2.70. The lowest BCUT2D eigenvalue weighted by Crippen LogP contribution is -2.47. The van der Waals surface area contributed by atoms with E-state index in [4.69, 9.17) is 5.11 Å². The molecule has 0 aliphatic carbocycles. The average molecular weight is 213 g/mol. The van der Waals surface area contributed by atoms with Crippen molar-refractivity contribution in [3.63, 3.8) is 0 Å². The predicted octanol–water partition coefficient (Wildman–Crippen LogP) is 1.50. The zero-order valence-corrected chi connectivity index (χ0v) is 9.40. The van der Waals surface area contributed by atoms with Crippen molar-refractivity contribution in [1.82, 2.24) is 4.90 Å². The van der Waals surface area contributed by atoms with Crippen molar-refractivity contribution >= 4 is 11.9 Å². The molecule has 1 atom stereocenters. The van der Waals surface area contributed by atoms with Crippen LogP contribution in [0.1, 0.15) is 39.5 Å². The van der Waals surface area contributed by atoms with E-state index in [1.165, 1.54) is 0 Å². The van der Waals surface area contributed by atoms with Crippen LogP contribution in [0.3, 0.4) is 0 Å². The molecule has 1 rings (SSSR count).